The number of ether oxygens (including phenoxy) is 2. The third kappa shape index (κ3) is 4.07. The van der Waals surface area contributed by atoms with Crippen molar-refractivity contribution in [2.75, 3.05) is 0 Å². The van der Waals surface area contributed by atoms with E-state index in [-0.39, 0.29) is 11.4 Å². The second-order valence-electron chi connectivity index (χ2n) is 3.76. The van der Waals surface area contributed by atoms with Gasteiger partial charge in [-0.3, -0.25) is 0 Å². The Morgan fingerprint density at radius 2 is 1.45 bits per heavy atom. The average Bonchev–Trinajstić information content (AvgIpc) is 2.46. The molecule has 0 fully saturated rings. The molecule has 2 atom stereocenters. The molecule has 0 unspecified atom stereocenters. The molecule has 0 spiro atoms. The van der Waals surface area contributed by atoms with Gasteiger partial charge in [-0.1, -0.05) is 6.07 Å². The van der Waals surface area contributed by atoms with Crippen LogP contribution in [0.3, 0.4) is 0 Å². The highest BCUT2D eigenvalue weighted by Gasteiger charge is 2.17. The van der Waals surface area contributed by atoms with Crippen molar-refractivity contribution in [3.8, 4) is 12.1 Å². The number of carbonyl (C=O) groups excluding carboxylic acids is 2. The lowest BCUT2D eigenvalue weighted by atomic mass is 10.3. The minimum atomic E-state index is -0.918. The van der Waals surface area contributed by atoms with E-state index in [1.165, 1.54) is 32.0 Å². The van der Waals surface area contributed by atoms with E-state index < -0.39 is 24.1 Å². The van der Waals surface area contributed by atoms with Crippen LogP contribution in [0.25, 0.3) is 0 Å². The number of rotatable bonds is 4. The van der Waals surface area contributed by atoms with Gasteiger partial charge in [-0.05, 0) is 26.0 Å². The van der Waals surface area contributed by atoms with Gasteiger partial charge >= 0.3 is 11.9 Å². The SMILES string of the molecule is C[C@@H](C#N)OC(=O)c1cccc(C(=O)O[C@@H](C)C#N)n1. The fourth-order valence-electron chi connectivity index (χ4n) is 1.16. The molecular weight excluding hydrogens is 262 g/mol. The van der Waals surface area contributed by atoms with Crippen molar-refractivity contribution in [2.45, 2.75) is 26.1 Å². The number of carbonyl (C=O) groups is 2. The first-order chi connectivity index (χ1) is 9.47. The van der Waals surface area contributed by atoms with Crippen molar-refractivity contribution in [2.24, 2.45) is 0 Å². The molecule has 0 bridgehead atoms. The Hall–Kier alpha value is -2.93. The van der Waals surface area contributed by atoms with Crippen LogP contribution in [-0.2, 0) is 9.47 Å². The van der Waals surface area contributed by atoms with Crippen molar-refractivity contribution in [3.05, 3.63) is 29.6 Å². The van der Waals surface area contributed by atoms with Crippen LogP contribution in [0, 0.1) is 22.7 Å². The highest BCUT2D eigenvalue weighted by molar-refractivity contribution is 5.91. The lowest BCUT2D eigenvalue weighted by Gasteiger charge is -2.07. The molecule has 0 radical (unpaired) electrons. The van der Waals surface area contributed by atoms with Gasteiger partial charge in [-0.2, -0.15) is 10.5 Å². The molecule has 20 heavy (non-hydrogen) atoms. The summed E-state index contributed by atoms with van der Waals surface area (Å²) in [6, 6.07) is 7.59. The zero-order valence-corrected chi connectivity index (χ0v) is 10.9. The number of hydrogen-bond acceptors (Lipinski definition) is 7. The zero-order valence-electron chi connectivity index (χ0n) is 10.9. The minimum Gasteiger partial charge on any atom is -0.443 e. The first-order valence-electron chi connectivity index (χ1n) is 5.66. The molecule has 0 aliphatic rings. The summed E-state index contributed by atoms with van der Waals surface area (Å²) in [5, 5.41) is 17.1. The maximum atomic E-state index is 11.6. The van der Waals surface area contributed by atoms with Crippen LogP contribution in [-0.4, -0.2) is 29.1 Å². The van der Waals surface area contributed by atoms with Crippen LogP contribution < -0.4 is 0 Å². The monoisotopic (exact) mass is 273 g/mol. The molecule has 0 amide bonds. The predicted molar refractivity (Wildman–Crippen MR) is 65.2 cm³/mol. The molecule has 0 saturated carbocycles. The topological polar surface area (TPSA) is 113 Å². The van der Waals surface area contributed by atoms with Crippen molar-refractivity contribution in [1.82, 2.24) is 4.98 Å². The zero-order chi connectivity index (χ0) is 15.1. The van der Waals surface area contributed by atoms with Crippen LogP contribution in [0.5, 0.6) is 0 Å². The molecule has 1 aromatic rings. The molecule has 0 N–H and O–H groups in total. The van der Waals surface area contributed by atoms with E-state index in [1.54, 1.807) is 12.1 Å². The third-order valence-corrected chi connectivity index (χ3v) is 2.10. The summed E-state index contributed by atoms with van der Waals surface area (Å²) >= 11 is 0. The van der Waals surface area contributed by atoms with Crippen LogP contribution in [0.4, 0.5) is 0 Å². The molecule has 0 saturated heterocycles. The normalized spacial score (nSPS) is 12.4. The fraction of sp³-hybridized carbons (Fsp3) is 0.308. The second kappa shape index (κ2) is 6.86. The summed E-state index contributed by atoms with van der Waals surface area (Å²) in [7, 11) is 0. The van der Waals surface area contributed by atoms with E-state index >= 15 is 0 Å². The van der Waals surface area contributed by atoms with Crippen molar-refractivity contribution >= 4 is 11.9 Å². The summed E-state index contributed by atoms with van der Waals surface area (Å²) in [5.41, 5.74) is -0.239. The number of hydrogen-bond donors (Lipinski definition) is 0. The predicted octanol–water partition coefficient (Wildman–Crippen LogP) is 1.22. The number of nitriles is 2. The van der Waals surface area contributed by atoms with E-state index in [9.17, 15) is 9.59 Å². The first-order valence-corrected chi connectivity index (χ1v) is 5.66. The van der Waals surface area contributed by atoms with Gasteiger partial charge in [-0.15, -0.1) is 0 Å². The quantitative estimate of drug-likeness (QED) is 0.757. The van der Waals surface area contributed by atoms with Gasteiger partial charge in [0.05, 0.1) is 0 Å². The van der Waals surface area contributed by atoms with E-state index in [2.05, 4.69) is 4.98 Å². The molecule has 0 aliphatic heterocycles. The van der Waals surface area contributed by atoms with E-state index in [1.807, 2.05) is 0 Å². The van der Waals surface area contributed by atoms with Gasteiger partial charge in [-0.25, -0.2) is 14.6 Å². The van der Waals surface area contributed by atoms with Gasteiger partial charge in [0.25, 0.3) is 0 Å². The second-order valence-corrected chi connectivity index (χ2v) is 3.76. The average molecular weight is 273 g/mol. The van der Waals surface area contributed by atoms with Gasteiger partial charge < -0.3 is 9.47 Å². The number of nitrogens with zero attached hydrogens (tertiary/aromatic N) is 3. The molecule has 0 aromatic carbocycles. The summed E-state index contributed by atoms with van der Waals surface area (Å²) in [5.74, 6) is -1.64. The van der Waals surface area contributed by atoms with Crippen LogP contribution in [0.1, 0.15) is 34.8 Å². The first kappa shape index (κ1) is 15.1. The molecule has 102 valence electrons. The van der Waals surface area contributed by atoms with Gasteiger partial charge in [0.2, 0.25) is 0 Å². The highest BCUT2D eigenvalue weighted by Crippen LogP contribution is 2.06. The lowest BCUT2D eigenvalue weighted by Crippen LogP contribution is -2.18. The maximum absolute atomic E-state index is 11.6. The summed E-state index contributed by atoms with van der Waals surface area (Å²) in [6.45, 7) is 2.81. The van der Waals surface area contributed by atoms with Gasteiger partial charge in [0, 0.05) is 0 Å². The molecule has 7 heteroatoms. The van der Waals surface area contributed by atoms with E-state index in [4.69, 9.17) is 20.0 Å². The lowest BCUT2D eigenvalue weighted by molar-refractivity contribution is 0.0420. The fourth-order valence-corrected chi connectivity index (χ4v) is 1.16. The Bertz CT molecular complexity index is 551. The Morgan fingerprint density at radius 1 is 1.05 bits per heavy atom. The molecule has 1 aromatic heterocycles. The Morgan fingerprint density at radius 3 is 1.80 bits per heavy atom. The van der Waals surface area contributed by atoms with E-state index in [0.29, 0.717) is 0 Å². The largest absolute Gasteiger partial charge is 0.443 e. The standard InChI is InChI=1S/C13H11N3O4/c1-8(6-14)19-12(17)10-4-3-5-11(16-10)13(18)20-9(2)7-15/h3-5,8-9H,1-2H3/t8-,9-/m0/s1. The molecule has 1 heterocycles. The Labute approximate surface area is 115 Å². The van der Waals surface area contributed by atoms with Crippen LogP contribution in [0.2, 0.25) is 0 Å². The molecule has 1 rings (SSSR count). The number of esters is 2. The summed E-state index contributed by atoms with van der Waals surface area (Å²) in [4.78, 5) is 27.0. The molecular formula is C13H11N3O4. The van der Waals surface area contributed by atoms with Crippen molar-refractivity contribution < 1.29 is 19.1 Å². The Balaban J connectivity index is 2.86. The van der Waals surface area contributed by atoms with Crippen LogP contribution in [0.15, 0.2) is 18.2 Å². The Kier molecular flexibility index (Phi) is 5.19. The van der Waals surface area contributed by atoms with Crippen molar-refractivity contribution in [3.63, 3.8) is 0 Å². The maximum Gasteiger partial charge on any atom is 0.358 e. The third-order valence-electron chi connectivity index (χ3n) is 2.10. The summed E-state index contributed by atoms with van der Waals surface area (Å²) < 4.78 is 9.51. The van der Waals surface area contributed by atoms with Crippen LogP contribution >= 0.6 is 0 Å². The summed E-state index contributed by atoms with van der Waals surface area (Å²) in [6.07, 6.45) is -1.84. The molecule has 7 nitrogen and oxygen atoms in total. The highest BCUT2D eigenvalue weighted by atomic mass is 16.5. The van der Waals surface area contributed by atoms with E-state index in [0.717, 1.165) is 0 Å². The minimum absolute atomic E-state index is 0.119. The smallest absolute Gasteiger partial charge is 0.358 e. The van der Waals surface area contributed by atoms with Gasteiger partial charge in [0.1, 0.15) is 23.5 Å². The van der Waals surface area contributed by atoms with Gasteiger partial charge in [0.15, 0.2) is 12.2 Å². The molecule has 0 aliphatic carbocycles. The number of aromatic nitrogens is 1. The number of pyridine rings is 1. The van der Waals surface area contributed by atoms with Crippen molar-refractivity contribution in [1.29, 1.82) is 10.5 Å².